The lowest BCUT2D eigenvalue weighted by atomic mass is 10.1. The van der Waals surface area contributed by atoms with Crippen molar-refractivity contribution in [2.24, 2.45) is 0 Å². The number of hydrogen-bond donors (Lipinski definition) is 1. The van der Waals surface area contributed by atoms with E-state index in [-0.39, 0.29) is 17.6 Å². The number of alkyl halides is 2. The van der Waals surface area contributed by atoms with Crippen LogP contribution in [0.4, 0.5) is 20.2 Å². The molecule has 1 aliphatic heterocycles. The van der Waals surface area contributed by atoms with Crippen LogP contribution in [0.25, 0.3) is 6.08 Å². The van der Waals surface area contributed by atoms with E-state index in [0.717, 1.165) is 24.2 Å². The molecule has 0 bridgehead atoms. The molecule has 28 heavy (non-hydrogen) atoms. The number of hydrogen-bond acceptors (Lipinski definition) is 3. The van der Waals surface area contributed by atoms with Crippen molar-refractivity contribution in [3.8, 4) is 5.75 Å². The predicted molar refractivity (Wildman–Crippen MR) is 104 cm³/mol. The maximum atomic E-state index is 12.1. The fourth-order valence-electron chi connectivity index (χ4n) is 3.06. The van der Waals surface area contributed by atoms with Crippen LogP contribution in [0.3, 0.4) is 0 Å². The summed E-state index contributed by atoms with van der Waals surface area (Å²) in [4.78, 5) is 25.8. The highest BCUT2D eigenvalue weighted by atomic mass is 19.3. The van der Waals surface area contributed by atoms with E-state index in [1.54, 1.807) is 29.2 Å². The van der Waals surface area contributed by atoms with Crippen LogP contribution in [0.2, 0.25) is 0 Å². The highest BCUT2D eigenvalue weighted by Crippen LogP contribution is 2.27. The van der Waals surface area contributed by atoms with E-state index in [9.17, 15) is 18.4 Å². The van der Waals surface area contributed by atoms with Gasteiger partial charge < -0.3 is 15.0 Å². The first-order chi connectivity index (χ1) is 13.4. The first kappa shape index (κ1) is 19.5. The van der Waals surface area contributed by atoms with Crippen molar-refractivity contribution in [3.63, 3.8) is 0 Å². The zero-order valence-corrected chi connectivity index (χ0v) is 15.3. The second-order valence-electron chi connectivity index (χ2n) is 6.42. The molecule has 0 atom stereocenters. The maximum absolute atomic E-state index is 12.1. The highest BCUT2D eigenvalue weighted by molar-refractivity contribution is 6.02. The van der Waals surface area contributed by atoms with Gasteiger partial charge in [-0.15, -0.1) is 0 Å². The molecule has 2 aromatic rings. The van der Waals surface area contributed by atoms with Gasteiger partial charge in [0.05, 0.1) is 0 Å². The van der Waals surface area contributed by atoms with Gasteiger partial charge in [0.25, 0.3) is 0 Å². The molecule has 7 heteroatoms. The van der Waals surface area contributed by atoms with Crippen LogP contribution in [-0.2, 0) is 9.59 Å². The van der Waals surface area contributed by atoms with Crippen LogP contribution < -0.4 is 15.0 Å². The van der Waals surface area contributed by atoms with Gasteiger partial charge in [-0.1, -0.05) is 12.1 Å². The summed E-state index contributed by atoms with van der Waals surface area (Å²) in [5, 5.41) is 2.77. The van der Waals surface area contributed by atoms with Crippen molar-refractivity contribution in [1.29, 1.82) is 0 Å². The molecule has 0 spiro atoms. The minimum atomic E-state index is -2.87. The third-order valence-electron chi connectivity index (χ3n) is 4.36. The molecule has 1 N–H and O–H groups in total. The summed E-state index contributed by atoms with van der Waals surface area (Å²) in [5.41, 5.74) is 3.08. The van der Waals surface area contributed by atoms with Gasteiger partial charge >= 0.3 is 6.61 Å². The van der Waals surface area contributed by atoms with E-state index in [2.05, 4.69) is 10.1 Å². The van der Waals surface area contributed by atoms with Crippen molar-refractivity contribution in [2.45, 2.75) is 26.4 Å². The Morgan fingerprint density at radius 3 is 2.57 bits per heavy atom. The standard InChI is InChI=1S/C21H20F2N2O3/c1-14-13-16(7-10-18(14)25-12-2-3-20(25)27)24-19(26)11-6-15-4-8-17(9-5-15)28-21(22)23/h4-11,13,21H,2-3,12H2,1H3,(H,24,26)/b11-6+. The van der Waals surface area contributed by atoms with Gasteiger partial charge in [-0.3, -0.25) is 9.59 Å². The second kappa shape index (κ2) is 8.65. The largest absolute Gasteiger partial charge is 0.435 e. The van der Waals surface area contributed by atoms with Crippen LogP contribution in [0.15, 0.2) is 48.5 Å². The van der Waals surface area contributed by atoms with Crippen molar-refractivity contribution in [3.05, 3.63) is 59.7 Å². The summed E-state index contributed by atoms with van der Waals surface area (Å²) in [6.07, 6.45) is 4.36. The molecule has 0 unspecified atom stereocenters. The number of nitrogens with zero attached hydrogens (tertiary/aromatic N) is 1. The molecule has 1 heterocycles. The molecule has 0 saturated carbocycles. The predicted octanol–water partition coefficient (Wildman–Crippen LogP) is 4.38. The zero-order chi connectivity index (χ0) is 20.1. The normalized spacial score (nSPS) is 14.1. The quantitative estimate of drug-likeness (QED) is 0.750. The number of amides is 2. The van der Waals surface area contributed by atoms with E-state index in [1.807, 2.05) is 19.1 Å². The molecule has 2 amide bonds. The Labute approximate surface area is 161 Å². The Bertz CT molecular complexity index is 895. The first-order valence-electron chi connectivity index (χ1n) is 8.87. The second-order valence-corrected chi connectivity index (χ2v) is 6.42. The number of carbonyl (C=O) groups is 2. The number of rotatable bonds is 6. The molecule has 5 nitrogen and oxygen atoms in total. The molecule has 0 aliphatic carbocycles. The molecular formula is C21H20F2N2O3. The van der Waals surface area contributed by atoms with E-state index in [1.165, 1.54) is 18.2 Å². The fraction of sp³-hybridized carbons (Fsp3) is 0.238. The Balaban J connectivity index is 1.60. The van der Waals surface area contributed by atoms with Gasteiger partial charge in [0.2, 0.25) is 11.8 Å². The van der Waals surface area contributed by atoms with Crippen molar-refractivity contribution in [1.82, 2.24) is 0 Å². The molecule has 2 aromatic carbocycles. The van der Waals surface area contributed by atoms with Gasteiger partial charge in [-0.05, 0) is 60.9 Å². The number of benzene rings is 2. The molecule has 3 rings (SSSR count). The van der Waals surface area contributed by atoms with E-state index in [4.69, 9.17) is 0 Å². The summed E-state index contributed by atoms with van der Waals surface area (Å²) in [7, 11) is 0. The minimum Gasteiger partial charge on any atom is -0.435 e. The lowest BCUT2D eigenvalue weighted by Crippen LogP contribution is -2.24. The lowest BCUT2D eigenvalue weighted by molar-refractivity contribution is -0.117. The molecule has 0 radical (unpaired) electrons. The zero-order valence-electron chi connectivity index (χ0n) is 15.3. The summed E-state index contributed by atoms with van der Waals surface area (Å²) < 4.78 is 28.5. The average molecular weight is 386 g/mol. The molecular weight excluding hydrogens is 366 g/mol. The van der Waals surface area contributed by atoms with Gasteiger partial charge in [0.1, 0.15) is 5.75 Å². The third-order valence-corrected chi connectivity index (χ3v) is 4.36. The average Bonchev–Trinajstić information content (AvgIpc) is 3.06. The smallest absolute Gasteiger partial charge is 0.387 e. The molecule has 0 aromatic heterocycles. The minimum absolute atomic E-state index is 0.0589. The molecule has 146 valence electrons. The fourth-order valence-corrected chi connectivity index (χ4v) is 3.06. The van der Waals surface area contributed by atoms with Gasteiger partial charge in [-0.2, -0.15) is 8.78 Å². The Morgan fingerprint density at radius 2 is 1.96 bits per heavy atom. The number of carbonyl (C=O) groups excluding carboxylic acids is 2. The van der Waals surface area contributed by atoms with Crippen LogP contribution >= 0.6 is 0 Å². The number of nitrogens with one attached hydrogen (secondary N) is 1. The van der Waals surface area contributed by atoms with Crippen LogP contribution in [0.1, 0.15) is 24.0 Å². The summed E-state index contributed by atoms with van der Waals surface area (Å²) >= 11 is 0. The summed E-state index contributed by atoms with van der Waals surface area (Å²) in [6, 6.07) is 11.4. The monoisotopic (exact) mass is 386 g/mol. The Hall–Kier alpha value is -3.22. The molecule has 1 saturated heterocycles. The maximum Gasteiger partial charge on any atom is 0.387 e. The van der Waals surface area contributed by atoms with Crippen molar-refractivity contribution in [2.75, 3.05) is 16.8 Å². The number of anilines is 2. The lowest BCUT2D eigenvalue weighted by Gasteiger charge is -2.19. The van der Waals surface area contributed by atoms with Crippen molar-refractivity contribution >= 4 is 29.3 Å². The van der Waals surface area contributed by atoms with Gasteiger partial charge in [0, 0.05) is 30.4 Å². The van der Waals surface area contributed by atoms with Gasteiger partial charge in [-0.25, -0.2) is 0 Å². The Kier molecular flexibility index (Phi) is 6.03. The SMILES string of the molecule is Cc1cc(NC(=O)/C=C/c2ccc(OC(F)F)cc2)ccc1N1CCCC1=O. The first-order valence-corrected chi connectivity index (χ1v) is 8.87. The van der Waals surface area contributed by atoms with E-state index < -0.39 is 6.61 Å². The van der Waals surface area contributed by atoms with Crippen molar-refractivity contribution < 1.29 is 23.1 Å². The summed E-state index contributed by atoms with van der Waals surface area (Å²) in [6.45, 7) is -0.254. The summed E-state index contributed by atoms with van der Waals surface area (Å²) in [5.74, 6) is -0.145. The van der Waals surface area contributed by atoms with Crippen LogP contribution in [0, 0.1) is 6.92 Å². The number of aryl methyl sites for hydroxylation is 1. The van der Waals surface area contributed by atoms with E-state index in [0.29, 0.717) is 17.7 Å². The Morgan fingerprint density at radius 1 is 1.21 bits per heavy atom. The van der Waals surface area contributed by atoms with E-state index >= 15 is 0 Å². The van der Waals surface area contributed by atoms with Crippen LogP contribution in [0.5, 0.6) is 5.75 Å². The van der Waals surface area contributed by atoms with Gasteiger partial charge in [0.15, 0.2) is 0 Å². The van der Waals surface area contributed by atoms with Crippen LogP contribution in [-0.4, -0.2) is 25.0 Å². The number of ether oxygens (including phenoxy) is 1. The topological polar surface area (TPSA) is 58.6 Å². The third kappa shape index (κ3) is 4.94. The number of halogens is 2. The molecule has 1 fully saturated rings. The molecule has 1 aliphatic rings. The highest BCUT2D eigenvalue weighted by Gasteiger charge is 2.22.